The SMILES string of the molecule is CC(NC(=O)c1ccc([N+](=O)[O-])cc1Cl)c1ccc(C#N)cc1. The zero-order valence-corrected chi connectivity index (χ0v) is 12.9. The number of hydrogen-bond donors (Lipinski definition) is 1. The maximum Gasteiger partial charge on any atom is 0.270 e. The molecule has 0 aliphatic carbocycles. The van der Waals surface area contributed by atoms with Crippen molar-refractivity contribution >= 4 is 23.2 Å². The number of nitro groups is 1. The summed E-state index contributed by atoms with van der Waals surface area (Å²) >= 11 is 5.94. The van der Waals surface area contributed by atoms with Crippen LogP contribution < -0.4 is 5.32 Å². The number of hydrogen-bond acceptors (Lipinski definition) is 4. The summed E-state index contributed by atoms with van der Waals surface area (Å²) in [5.41, 5.74) is 1.35. The first-order valence-electron chi connectivity index (χ1n) is 6.67. The minimum Gasteiger partial charge on any atom is -0.345 e. The van der Waals surface area contributed by atoms with Crippen LogP contribution in [0.2, 0.25) is 5.02 Å². The minimum atomic E-state index is -0.576. The van der Waals surface area contributed by atoms with E-state index < -0.39 is 10.8 Å². The molecule has 0 aromatic heterocycles. The predicted molar refractivity (Wildman–Crippen MR) is 85.1 cm³/mol. The molecule has 1 atom stereocenters. The molecule has 1 unspecified atom stereocenters. The lowest BCUT2D eigenvalue weighted by Gasteiger charge is -2.15. The monoisotopic (exact) mass is 329 g/mol. The summed E-state index contributed by atoms with van der Waals surface area (Å²) in [4.78, 5) is 22.3. The van der Waals surface area contributed by atoms with E-state index in [0.717, 1.165) is 11.6 Å². The molecule has 0 spiro atoms. The number of carbonyl (C=O) groups is 1. The Hall–Kier alpha value is -2.91. The first-order valence-corrected chi connectivity index (χ1v) is 7.05. The van der Waals surface area contributed by atoms with Crippen molar-refractivity contribution in [1.29, 1.82) is 5.26 Å². The average molecular weight is 330 g/mol. The second-order valence-corrected chi connectivity index (χ2v) is 5.26. The number of nitro benzene ring substituents is 1. The molecule has 0 aliphatic heterocycles. The molecule has 0 saturated carbocycles. The number of benzene rings is 2. The van der Waals surface area contributed by atoms with Gasteiger partial charge in [0.25, 0.3) is 11.6 Å². The number of nitrogens with one attached hydrogen (secondary N) is 1. The number of halogens is 1. The van der Waals surface area contributed by atoms with Gasteiger partial charge < -0.3 is 5.32 Å². The van der Waals surface area contributed by atoms with Crippen molar-refractivity contribution in [3.05, 3.63) is 74.3 Å². The third-order valence-corrected chi connectivity index (χ3v) is 3.61. The molecule has 0 fully saturated rings. The molecule has 116 valence electrons. The Kier molecular flexibility index (Phi) is 4.94. The highest BCUT2D eigenvalue weighted by Crippen LogP contribution is 2.23. The number of rotatable bonds is 4. The topological polar surface area (TPSA) is 96.0 Å². The molecular formula is C16H12ClN3O3. The first-order chi connectivity index (χ1) is 10.9. The second-order valence-electron chi connectivity index (χ2n) is 4.85. The normalized spacial score (nSPS) is 11.3. The Labute approximate surface area is 137 Å². The van der Waals surface area contributed by atoms with Gasteiger partial charge in [-0.1, -0.05) is 23.7 Å². The van der Waals surface area contributed by atoms with Crippen molar-refractivity contribution in [2.45, 2.75) is 13.0 Å². The molecule has 2 rings (SSSR count). The van der Waals surface area contributed by atoms with Gasteiger partial charge >= 0.3 is 0 Å². The molecule has 0 saturated heterocycles. The molecular weight excluding hydrogens is 318 g/mol. The van der Waals surface area contributed by atoms with E-state index >= 15 is 0 Å². The maximum atomic E-state index is 12.2. The molecule has 7 heteroatoms. The lowest BCUT2D eigenvalue weighted by Crippen LogP contribution is -2.26. The fraction of sp³-hybridized carbons (Fsp3) is 0.125. The quantitative estimate of drug-likeness (QED) is 0.684. The van der Waals surface area contributed by atoms with E-state index in [4.69, 9.17) is 16.9 Å². The molecule has 2 aromatic rings. The van der Waals surface area contributed by atoms with Crippen LogP contribution in [0.15, 0.2) is 42.5 Å². The van der Waals surface area contributed by atoms with E-state index in [9.17, 15) is 14.9 Å². The number of nitrogens with zero attached hydrogens (tertiary/aromatic N) is 2. The Morgan fingerprint density at radius 2 is 1.96 bits per heavy atom. The smallest absolute Gasteiger partial charge is 0.270 e. The second kappa shape index (κ2) is 6.90. The highest BCUT2D eigenvalue weighted by molar-refractivity contribution is 6.34. The zero-order valence-electron chi connectivity index (χ0n) is 12.1. The third kappa shape index (κ3) is 3.84. The van der Waals surface area contributed by atoms with E-state index in [2.05, 4.69) is 5.32 Å². The molecule has 23 heavy (non-hydrogen) atoms. The van der Waals surface area contributed by atoms with Crippen LogP contribution in [0.4, 0.5) is 5.69 Å². The third-order valence-electron chi connectivity index (χ3n) is 3.30. The maximum absolute atomic E-state index is 12.2. The fourth-order valence-electron chi connectivity index (χ4n) is 2.01. The van der Waals surface area contributed by atoms with Gasteiger partial charge in [0.15, 0.2) is 0 Å². The van der Waals surface area contributed by atoms with Crippen LogP contribution in [-0.4, -0.2) is 10.8 Å². The Bertz CT molecular complexity index is 797. The van der Waals surface area contributed by atoms with Crippen molar-refractivity contribution < 1.29 is 9.72 Å². The lowest BCUT2D eigenvalue weighted by molar-refractivity contribution is -0.384. The summed E-state index contributed by atoms with van der Waals surface area (Å²) in [5.74, 6) is -0.429. The van der Waals surface area contributed by atoms with Gasteiger partial charge in [0.1, 0.15) is 0 Å². The number of nitriles is 1. The molecule has 0 radical (unpaired) electrons. The van der Waals surface area contributed by atoms with Gasteiger partial charge in [-0.15, -0.1) is 0 Å². The van der Waals surface area contributed by atoms with Crippen molar-refractivity contribution in [2.24, 2.45) is 0 Å². The first kappa shape index (κ1) is 16.5. The van der Waals surface area contributed by atoms with Crippen molar-refractivity contribution in [3.63, 3.8) is 0 Å². The highest BCUT2D eigenvalue weighted by atomic mass is 35.5. The summed E-state index contributed by atoms with van der Waals surface area (Å²) < 4.78 is 0. The van der Waals surface area contributed by atoms with Crippen LogP contribution >= 0.6 is 11.6 Å². The summed E-state index contributed by atoms with van der Waals surface area (Å²) in [5, 5.41) is 22.2. The van der Waals surface area contributed by atoms with Gasteiger partial charge in [0.2, 0.25) is 0 Å². The van der Waals surface area contributed by atoms with Gasteiger partial charge in [-0.3, -0.25) is 14.9 Å². The van der Waals surface area contributed by atoms with Gasteiger partial charge in [0.05, 0.1) is 33.2 Å². The number of carbonyl (C=O) groups excluding carboxylic acids is 1. The molecule has 1 amide bonds. The molecule has 1 N–H and O–H groups in total. The van der Waals surface area contributed by atoms with Crippen molar-refractivity contribution in [1.82, 2.24) is 5.32 Å². The van der Waals surface area contributed by atoms with E-state index in [1.165, 1.54) is 12.1 Å². The van der Waals surface area contributed by atoms with Crippen LogP contribution in [0.1, 0.15) is 34.5 Å². The Morgan fingerprint density at radius 3 is 2.48 bits per heavy atom. The van der Waals surface area contributed by atoms with Crippen LogP contribution in [0, 0.1) is 21.4 Å². The van der Waals surface area contributed by atoms with Crippen molar-refractivity contribution in [3.8, 4) is 6.07 Å². The van der Waals surface area contributed by atoms with Crippen LogP contribution in [-0.2, 0) is 0 Å². The van der Waals surface area contributed by atoms with Gasteiger partial charge in [-0.25, -0.2) is 0 Å². The van der Waals surface area contributed by atoms with E-state index in [1.807, 2.05) is 6.07 Å². The molecule has 0 heterocycles. The average Bonchev–Trinajstić information content (AvgIpc) is 2.54. The highest BCUT2D eigenvalue weighted by Gasteiger charge is 2.17. The van der Waals surface area contributed by atoms with Crippen molar-refractivity contribution in [2.75, 3.05) is 0 Å². The number of non-ortho nitro benzene ring substituents is 1. The Morgan fingerprint density at radius 1 is 1.30 bits per heavy atom. The standard InChI is InChI=1S/C16H12ClN3O3/c1-10(12-4-2-11(9-18)3-5-12)19-16(21)14-7-6-13(20(22)23)8-15(14)17/h2-8,10H,1H3,(H,19,21). The van der Waals surface area contributed by atoms with E-state index in [-0.39, 0.29) is 22.3 Å². The van der Waals surface area contributed by atoms with Crippen LogP contribution in [0.3, 0.4) is 0 Å². The fourth-order valence-corrected chi connectivity index (χ4v) is 2.27. The summed E-state index contributed by atoms with van der Waals surface area (Å²) in [6, 6.07) is 12.2. The molecule has 6 nitrogen and oxygen atoms in total. The van der Waals surface area contributed by atoms with Gasteiger partial charge in [-0.2, -0.15) is 5.26 Å². The summed E-state index contributed by atoms with van der Waals surface area (Å²) in [6.07, 6.45) is 0. The van der Waals surface area contributed by atoms with E-state index in [1.54, 1.807) is 31.2 Å². The van der Waals surface area contributed by atoms with E-state index in [0.29, 0.717) is 5.56 Å². The molecule has 0 bridgehead atoms. The molecule has 0 aliphatic rings. The summed E-state index contributed by atoms with van der Waals surface area (Å²) in [6.45, 7) is 1.79. The Balaban J connectivity index is 2.14. The van der Waals surface area contributed by atoms with Crippen LogP contribution in [0.25, 0.3) is 0 Å². The largest absolute Gasteiger partial charge is 0.345 e. The summed E-state index contributed by atoms with van der Waals surface area (Å²) in [7, 11) is 0. The molecule has 2 aromatic carbocycles. The lowest BCUT2D eigenvalue weighted by atomic mass is 10.1. The zero-order chi connectivity index (χ0) is 17.0. The van der Waals surface area contributed by atoms with Gasteiger partial charge in [0, 0.05) is 12.1 Å². The minimum absolute atomic E-state index is 0.0173. The predicted octanol–water partition coefficient (Wildman–Crippen LogP) is 3.61. The van der Waals surface area contributed by atoms with Crippen LogP contribution in [0.5, 0.6) is 0 Å². The van der Waals surface area contributed by atoms with Gasteiger partial charge in [-0.05, 0) is 30.7 Å². The number of amides is 1.